The van der Waals surface area contributed by atoms with E-state index < -0.39 is 0 Å². The summed E-state index contributed by atoms with van der Waals surface area (Å²) in [6.45, 7) is 0. The molecule has 1 rings (SSSR count). The van der Waals surface area contributed by atoms with E-state index in [1.807, 2.05) is 0 Å². The maximum absolute atomic E-state index is 2.12. The SMILES string of the molecule is [SbH2][CH]1CCS1. The molecule has 0 bridgehead atoms. The molecule has 1 fully saturated rings. The summed E-state index contributed by atoms with van der Waals surface area (Å²) in [5.74, 6) is 1.44. The molecule has 0 nitrogen and oxygen atoms in total. The summed E-state index contributed by atoms with van der Waals surface area (Å²) in [6, 6.07) is 0. The number of hydrogen-bond acceptors (Lipinski definition) is 1. The molecule has 0 aliphatic carbocycles. The van der Waals surface area contributed by atoms with Crippen molar-refractivity contribution in [2.75, 3.05) is 5.75 Å². The van der Waals surface area contributed by atoms with E-state index in [0.29, 0.717) is 0 Å². The minimum absolute atomic E-state index is 1.11. The summed E-state index contributed by atoms with van der Waals surface area (Å²) in [5, 5.41) is 0. The molecular formula is C3H7SSb. The standard InChI is InChI=1S/C3H5S.Sb.2H/c1-2-4-3-1;;;/h2H,1,3H2;;;. The second-order valence-corrected chi connectivity index (χ2v) is 6.22. The summed E-state index contributed by atoms with van der Waals surface area (Å²) in [6.07, 6.45) is 1.51. The third kappa shape index (κ3) is 1.01. The molecule has 0 aromatic rings. The quantitative estimate of drug-likeness (QED) is 0.495. The minimum atomic E-state index is 1.11. The molecule has 1 unspecified atom stereocenters. The first kappa shape index (κ1) is 4.33. The Kier molecular flexibility index (Phi) is 1.51. The molecule has 2 heteroatoms. The van der Waals surface area contributed by atoms with Crippen molar-refractivity contribution in [1.29, 1.82) is 0 Å². The van der Waals surface area contributed by atoms with Crippen LogP contribution in [0.5, 0.6) is 0 Å². The predicted molar refractivity (Wildman–Crippen MR) is 29.4 cm³/mol. The molecule has 1 heterocycles. The van der Waals surface area contributed by atoms with Gasteiger partial charge in [-0.1, -0.05) is 0 Å². The number of rotatable bonds is 0. The van der Waals surface area contributed by atoms with Crippen LogP contribution in [0.3, 0.4) is 0 Å². The Morgan fingerprint density at radius 3 is 2.20 bits per heavy atom. The van der Waals surface area contributed by atoms with Crippen LogP contribution in [-0.4, -0.2) is 32.0 Å². The predicted octanol–water partition coefficient (Wildman–Crippen LogP) is 0.0825. The van der Waals surface area contributed by atoms with Crippen molar-refractivity contribution in [2.24, 2.45) is 0 Å². The Balaban J connectivity index is 2.08. The molecule has 0 amide bonds. The van der Waals surface area contributed by atoms with Gasteiger partial charge in [-0.25, -0.2) is 0 Å². The first-order chi connectivity index (χ1) is 2.39. The average Bonchev–Trinajstić information content (AvgIpc) is 1.30. The zero-order valence-electron chi connectivity index (χ0n) is 2.98. The Morgan fingerprint density at radius 1 is 1.80 bits per heavy atom. The van der Waals surface area contributed by atoms with Gasteiger partial charge in [0.05, 0.1) is 0 Å². The summed E-state index contributed by atoms with van der Waals surface area (Å²) < 4.78 is 1.11. The van der Waals surface area contributed by atoms with Crippen LogP contribution in [0, 0.1) is 0 Å². The van der Waals surface area contributed by atoms with Crippen molar-refractivity contribution in [3.63, 3.8) is 0 Å². The van der Waals surface area contributed by atoms with E-state index >= 15 is 0 Å². The van der Waals surface area contributed by atoms with E-state index in [4.69, 9.17) is 0 Å². The molecule has 0 aromatic carbocycles. The molecule has 1 saturated heterocycles. The van der Waals surface area contributed by atoms with Crippen LogP contribution >= 0.6 is 11.8 Å². The van der Waals surface area contributed by atoms with Gasteiger partial charge in [-0.05, 0) is 0 Å². The molecule has 0 radical (unpaired) electrons. The van der Waals surface area contributed by atoms with Gasteiger partial charge in [-0.3, -0.25) is 0 Å². The molecular weight excluding hydrogens is 190 g/mol. The summed E-state index contributed by atoms with van der Waals surface area (Å²) in [7, 11) is 0. The van der Waals surface area contributed by atoms with Crippen LogP contribution < -0.4 is 0 Å². The van der Waals surface area contributed by atoms with Gasteiger partial charge in [0.1, 0.15) is 0 Å². The Hall–Kier alpha value is 1.17. The van der Waals surface area contributed by atoms with Gasteiger partial charge in [0.2, 0.25) is 0 Å². The molecule has 5 heavy (non-hydrogen) atoms. The average molecular weight is 197 g/mol. The maximum atomic E-state index is 2.12. The van der Waals surface area contributed by atoms with Crippen molar-refractivity contribution >= 4 is 34.8 Å². The van der Waals surface area contributed by atoms with Gasteiger partial charge >= 0.3 is 50.2 Å². The number of thioether (sulfide) groups is 1. The third-order valence-corrected chi connectivity index (χ3v) is 4.47. The summed E-state index contributed by atoms with van der Waals surface area (Å²) >= 11 is 3.59. The van der Waals surface area contributed by atoms with E-state index in [2.05, 4.69) is 11.8 Å². The Bertz CT molecular complexity index is 33.9. The van der Waals surface area contributed by atoms with Gasteiger partial charge in [-0.2, -0.15) is 0 Å². The number of hydrogen-bond donors (Lipinski definition) is 0. The van der Waals surface area contributed by atoms with Crippen LogP contribution in [0.4, 0.5) is 0 Å². The van der Waals surface area contributed by atoms with Crippen molar-refractivity contribution < 1.29 is 0 Å². The van der Waals surface area contributed by atoms with E-state index in [1.54, 1.807) is 0 Å². The van der Waals surface area contributed by atoms with Gasteiger partial charge in [0.15, 0.2) is 0 Å². The summed E-state index contributed by atoms with van der Waals surface area (Å²) in [5.41, 5.74) is 0. The van der Waals surface area contributed by atoms with Gasteiger partial charge in [0.25, 0.3) is 0 Å². The molecule has 0 saturated carbocycles. The van der Waals surface area contributed by atoms with E-state index in [1.165, 1.54) is 35.2 Å². The zero-order valence-corrected chi connectivity index (χ0v) is 7.09. The zero-order chi connectivity index (χ0) is 3.70. The molecule has 0 spiro atoms. The molecule has 1 aliphatic rings. The van der Waals surface area contributed by atoms with Gasteiger partial charge in [-0.15, -0.1) is 0 Å². The van der Waals surface area contributed by atoms with Crippen LogP contribution in [0.2, 0.25) is 0 Å². The topological polar surface area (TPSA) is 0 Å². The Morgan fingerprint density at radius 2 is 2.20 bits per heavy atom. The van der Waals surface area contributed by atoms with Gasteiger partial charge in [0, 0.05) is 0 Å². The van der Waals surface area contributed by atoms with Crippen LogP contribution in [0.15, 0.2) is 0 Å². The fourth-order valence-corrected chi connectivity index (χ4v) is 3.09. The fraction of sp³-hybridized carbons (Fsp3) is 1.00. The van der Waals surface area contributed by atoms with Crippen LogP contribution in [0.25, 0.3) is 0 Å². The van der Waals surface area contributed by atoms with Crippen LogP contribution in [0.1, 0.15) is 6.42 Å². The van der Waals surface area contributed by atoms with Crippen molar-refractivity contribution in [2.45, 2.75) is 9.62 Å². The first-order valence-electron chi connectivity index (χ1n) is 1.77. The molecule has 0 N–H and O–H groups in total. The summed E-state index contributed by atoms with van der Waals surface area (Å²) in [4.78, 5) is 0. The van der Waals surface area contributed by atoms with Crippen molar-refractivity contribution in [3.8, 4) is 0 Å². The van der Waals surface area contributed by atoms with E-state index in [0.717, 1.165) is 3.20 Å². The second kappa shape index (κ2) is 1.75. The van der Waals surface area contributed by atoms with Crippen molar-refractivity contribution in [3.05, 3.63) is 0 Å². The first-order valence-corrected chi connectivity index (χ1v) is 4.72. The Labute approximate surface area is 50.2 Å². The van der Waals surface area contributed by atoms with E-state index in [9.17, 15) is 0 Å². The fourth-order valence-electron chi connectivity index (χ4n) is 0.254. The van der Waals surface area contributed by atoms with Gasteiger partial charge < -0.3 is 0 Å². The monoisotopic (exact) mass is 196 g/mol. The normalized spacial score (nSPS) is 36.6. The molecule has 30 valence electrons. The van der Waals surface area contributed by atoms with E-state index in [-0.39, 0.29) is 0 Å². The van der Waals surface area contributed by atoms with Crippen LogP contribution in [-0.2, 0) is 0 Å². The molecule has 1 aliphatic heterocycles. The second-order valence-electron chi connectivity index (χ2n) is 1.20. The third-order valence-electron chi connectivity index (χ3n) is 0.734. The molecule has 1 atom stereocenters. The van der Waals surface area contributed by atoms with Crippen molar-refractivity contribution in [1.82, 2.24) is 0 Å². The molecule has 0 aromatic heterocycles.